The van der Waals surface area contributed by atoms with Crippen LogP contribution in [0, 0.1) is 0 Å². The Labute approximate surface area is 111 Å². The second-order valence-corrected chi connectivity index (χ2v) is 7.03. The van der Waals surface area contributed by atoms with Crippen molar-refractivity contribution in [3.8, 4) is 0 Å². The molecule has 2 rings (SSSR count). The summed E-state index contributed by atoms with van der Waals surface area (Å²) in [5.41, 5.74) is -0.958. The van der Waals surface area contributed by atoms with Crippen LogP contribution in [-0.2, 0) is 0 Å². The number of nitrogens with one attached hydrogen (secondary N) is 1. The summed E-state index contributed by atoms with van der Waals surface area (Å²) >= 11 is 0. The molecule has 0 aromatic rings. The van der Waals surface area contributed by atoms with E-state index in [1.165, 1.54) is 0 Å². The zero-order chi connectivity index (χ0) is 13.4. The molecule has 0 spiro atoms. The van der Waals surface area contributed by atoms with Crippen molar-refractivity contribution in [2.45, 2.75) is 51.4 Å². The maximum atomic E-state index is 15.0. The van der Waals surface area contributed by atoms with Gasteiger partial charge in [0.05, 0.1) is 0 Å². The van der Waals surface area contributed by atoms with Crippen molar-refractivity contribution in [3.05, 3.63) is 0 Å². The van der Waals surface area contributed by atoms with E-state index in [0.29, 0.717) is 25.6 Å². The van der Waals surface area contributed by atoms with Crippen molar-refractivity contribution in [1.82, 2.24) is 15.1 Å². The lowest BCUT2D eigenvalue weighted by atomic mass is 10.0. The number of halogens is 1. The molecular formula is C14H28FN3. The second kappa shape index (κ2) is 5.06. The first-order valence-electron chi connectivity index (χ1n) is 7.19. The van der Waals surface area contributed by atoms with Crippen LogP contribution in [0.25, 0.3) is 0 Å². The van der Waals surface area contributed by atoms with E-state index < -0.39 is 5.67 Å². The first-order chi connectivity index (χ1) is 8.30. The van der Waals surface area contributed by atoms with Crippen LogP contribution in [0.5, 0.6) is 0 Å². The zero-order valence-electron chi connectivity index (χ0n) is 12.3. The molecule has 0 radical (unpaired) electrons. The summed E-state index contributed by atoms with van der Waals surface area (Å²) < 4.78 is 15.0. The highest BCUT2D eigenvalue weighted by Gasteiger charge is 2.46. The molecule has 2 atom stereocenters. The van der Waals surface area contributed by atoms with Gasteiger partial charge in [-0.15, -0.1) is 0 Å². The van der Waals surface area contributed by atoms with Crippen LogP contribution in [0.1, 0.15) is 34.1 Å². The van der Waals surface area contributed by atoms with Crippen LogP contribution in [0.15, 0.2) is 0 Å². The lowest BCUT2D eigenvalue weighted by Gasteiger charge is -2.36. The number of hydrogen-bond donors (Lipinski definition) is 1. The van der Waals surface area contributed by atoms with Crippen molar-refractivity contribution in [2.75, 3.05) is 39.3 Å². The second-order valence-electron chi connectivity index (χ2n) is 7.03. The minimum Gasteiger partial charge on any atom is -0.314 e. The molecule has 106 valence electrons. The van der Waals surface area contributed by atoms with Gasteiger partial charge in [-0.25, -0.2) is 4.39 Å². The molecule has 0 aliphatic carbocycles. The molecule has 2 aliphatic rings. The Morgan fingerprint density at radius 2 is 1.89 bits per heavy atom. The van der Waals surface area contributed by atoms with Crippen LogP contribution in [-0.4, -0.2) is 66.3 Å². The third-order valence-corrected chi connectivity index (χ3v) is 4.23. The van der Waals surface area contributed by atoms with Crippen LogP contribution in [0.3, 0.4) is 0 Å². The van der Waals surface area contributed by atoms with Gasteiger partial charge in [-0.1, -0.05) is 0 Å². The Morgan fingerprint density at radius 3 is 2.39 bits per heavy atom. The lowest BCUT2D eigenvalue weighted by Crippen LogP contribution is -2.51. The molecule has 2 saturated heterocycles. The van der Waals surface area contributed by atoms with Crippen LogP contribution >= 0.6 is 0 Å². The maximum Gasteiger partial charge on any atom is 0.137 e. The summed E-state index contributed by atoms with van der Waals surface area (Å²) in [4.78, 5) is 4.59. The number of alkyl halides is 1. The molecule has 0 bridgehead atoms. The normalized spacial score (nSPS) is 36.2. The molecular weight excluding hydrogens is 229 g/mol. The molecule has 2 heterocycles. The highest BCUT2D eigenvalue weighted by atomic mass is 19.1. The van der Waals surface area contributed by atoms with E-state index in [-0.39, 0.29) is 5.54 Å². The Bertz CT molecular complexity index is 283. The Hall–Kier alpha value is -0.190. The predicted molar refractivity (Wildman–Crippen MR) is 73.7 cm³/mol. The fourth-order valence-electron chi connectivity index (χ4n) is 3.45. The van der Waals surface area contributed by atoms with E-state index in [1.807, 2.05) is 0 Å². The average Bonchev–Trinajstić information content (AvgIpc) is 2.55. The largest absolute Gasteiger partial charge is 0.314 e. The lowest BCUT2D eigenvalue weighted by molar-refractivity contribution is 0.0698. The SMILES string of the molecule is CC1CC(F)(CN2CCNCC2)CN1C(C)(C)C. The van der Waals surface area contributed by atoms with Crippen molar-refractivity contribution < 1.29 is 4.39 Å². The van der Waals surface area contributed by atoms with Gasteiger partial charge in [0, 0.05) is 50.8 Å². The minimum atomic E-state index is -1.02. The Kier molecular flexibility index (Phi) is 4.00. The fourth-order valence-corrected chi connectivity index (χ4v) is 3.45. The predicted octanol–water partition coefficient (Wildman–Crippen LogP) is 1.49. The average molecular weight is 257 g/mol. The van der Waals surface area contributed by atoms with Crippen molar-refractivity contribution in [2.24, 2.45) is 0 Å². The third-order valence-electron chi connectivity index (χ3n) is 4.23. The van der Waals surface area contributed by atoms with Crippen LogP contribution < -0.4 is 5.32 Å². The first-order valence-corrected chi connectivity index (χ1v) is 7.19. The smallest absolute Gasteiger partial charge is 0.137 e. The van der Waals surface area contributed by atoms with E-state index >= 15 is 4.39 Å². The molecule has 0 aromatic carbocycles. The van der Waals surface area contributed by atoms with Gasteiger partial charge in [-0.2, -0.15) is 0 Å². The number of piperazine rings is 1. The van der Waals surface area contributed by atoms with E-state index in [4.69, 9.17) is 0 Å². The highest BCUT2D eigenvalue weighted by molar-refractivity contribution is 5.01. The Balaban J connectivity index is 1.96. The number of hydrogen-bond acceptors (Lipinski definition) is 3. The van der Waals surface area contributed by atoms with Crippen molar-refractivity contribution in [3.63, 3.8) is 0 Å². The van der Waals surface area contributed by atoms with E-state index in [2.05, 4.69) is 42.8 Å². The van der Waals surface area contributed by atoms with E-state index in [0.717, 1.165) is 26.2 Å². The molecule has 3 nitrogen and oxygen atoms in total. The fraction of sp³-hybridized carbons (Fsp3) is 1.00. The van der Waals surface area contributed by atoms with Crippen molar-refractivity contribution >= 4 is 0 Å². The zero-order valence-corrected chi connectivity index (χ0v) is 12.3. The molecule has 0 saturated carbocycles. The Morgan fingerprint density at radius 1 is 1.28 bits per heavy atom. The van der Waals surface area contributed by atoms with Crippen LogP contribution in [0.2, 0.25) is 0 Å². The third kappa shape index (κ3) is 3.22. The standard InChI is InChI=1S/C14H28FN3/c1-12-9-14(15,11-18(12)13(2,3)4)10-17-7-5-16-6-8-17/h12,16H,5-11H2,1-4H3. The summed E-state index contributed by atoms with van der Waals surface area (Å²) in [6, 6.07) is 0.345. The van der Waals surface area contributed by atoms with Gasteiger partial charge in [0.15, 0.2) is 0 Å². The van der Waals surface area contributed by atoms with Gasteiger partial charge in [0.1, 0.15) is 5.67 Å². The topological polar surface area (TPSA) is 18.5 Å². The molecule has 4 heteroatoms. The van der Waals surface area contributed by atoms with Gasteiger partial charge < -0.3 is 5.32 Å². The van der Waals surface area contributed by atoms with Gasteiger partial charge in [-0.05, 0) is 34.1 Å². The first kappa shape index (κ1) is 14.2. The monoisotopic (exact) mass is 257 g/mol. The number of rotatable bonds is 2. The highest BCUT2D eigenvalue weighted by Crippen LogP contribution is 2.35. The summed E-state index contributed by atoms with van der Waals surface area (Å²) in [6.07, 6.45) is 0.675. The molecule has 2 unspecified atom stereocenters. The van der Waals surface area contributed by atoms with Gasteiger partial charge in [0.25, 0.3) is 0 Å². The van der Waals surface area contributed by atoms with Gasteiger partial charge in [-0.3, -0.25) is 9.80 Å². The van der Waals surface area contributed by atoms with Gasteiger partial charge in [0.2, 0.25) is 0 Å². The molecule has 18 heavy (non-hydrogen) atoms. The quantitative estimate of drug-likeness (QED) is 0.808. The van der Waals surface area contributed by atoms with E-state index in [9.17, 15) is 0 Å². The molecule has 0 aromatic heterocycles. The summed E-state index contributed by atoms with van der Waals surface area (Å²) in [5, 5.41) is 3.32. The number of likely N-dealkylation sites (tertiary alicyclic amines) is 1. The molecule has 0 amide bonds. The van der Waals surface area contributed by atoms with Crippen molar-refractivity contribution in [1.29, 1.82) is 0 Å². The maximum absolute atomic E-state index is 15.0. The van der Waals surface area contributed by atoms with Gasteiger partial charge >= 0.3 is 0 Å². The minimum absolute atomic E-state index is 0.0662. The number of nitrogens with zero attached hydrogens (tertiary/aromatic N) is 2. The summed E-state index contributed by atoms with van der Waals surface area (Å²) in [6.45, 7) is 13.8. The van der Waals surface area contributed by atoms with E-state index in [1.54, 1.807) is 0 Å². The summed E-state index contributed by atoms with van der Waals surface area (Å²) in [7, 11) is 0. The molecule has 1 N–H and O–H groups in total. The molecule has 2 aliphatic heterocycles. The summed E-state index contributed by atoms with van der Waals surface area (Å²) in [5.74, 6) is 0. The van der Waals surface area contributed by atoms with Crippen LogP contribution in [0.4, 0.5) is 4.39 Å². The molecule has 2 fully saturated rings.